The molecule has 0 atom stereocenters. The number of hydrogen-bond acceptors (Lipinski definition) is 6. The van der Waals surface area contributed by atoms with Crippen LogP contribution in [0.3, 0.4) is 0 Å². The Hall–Kier alpha value is -1.63. The van der Waals surface area contributed by atoms with Gasteiger partial charge >= 0.3 is 17.9 Å². The molecule has 0 radical (unpaired) electrons. The Morgan fingerprint density at radius 2 is 0.492 bits per heavy atom. The van der Waals surface area contributed by atoms with Gasteiger partial charge in [0.2, 0.25) is 0 Å². The first-order chi connectivity index (χ1) is 29.6. The third-order valence-corrected chi connectivity index (χ3v) is 12.4. The number of esters is 3. The van der Waals surface area contributed by atoms with E-state index in [1.165, 1.54) is 180 Å². The lowest BCUT2D eigenvalue weighted by Crippen LogP contribution is -2.52. The van der Waals surface area contributed by atoms with E-state index < -0.39 is 5.41 Å². The number of rotatable bonds is 48. The van der Waals surface area contributed by atoms with Crippen molar-refractivity contribution in [2.45, 2.75) is 278 Å². The van der Waals surface area contributed by atoms with Gasteiger partial charge in [0.15, 0.2) is 0 Å². The van der Waals surface area contributed by atoms with Gasteiger partial charge in [0.1, 0.15) is 25.2 Å². The molecule has 0 spiro atoms. The summed E-state index contributed by atoms with van der Waals surface area (Å²) in [6.07, 6.45) is 47.4. The molecular formula is C54H106NO6+. The minimum atomic E-state index is -0.817. The monoisotopic (exact) mass is 865 g/mol. The van der Waals surface area contributed by atoms with Crippen LogP contribution in [0.25, 0.3) is 0 Å². The van der Waals surface area contributed by atoms with Crippen molar-refractivity contribution in [3.8, 4) is 0 Å². The Balaban J connectivity index is 4.89. The molecule has 0 heterocycles. The highest BCUT2D eigenvalue weighted by Gasteiger charge is 2.41. The highest BCUT2D eigenvalue weighted by Crippen LogP contribution is 2.25. The maximum absolute atomic E-state index is 13.1. The highest BCUT2D eigenvalue weighted by molar-refractivity contribution is 5.70. The Kier molecular flexibility index (Phi) is 42.4. The molecule has 0 aliphatic carbocycles. The van der Waals surface area contributed by atoms with E-state index in [9.17, 15) is 14.4 Å². The molecule has 0 fully saturated rings. The van der Waals surface area contributed by atoms with Crippen LogP contribution in [0.1, 0.15) is 278 Å². The average Bonchev–Trinajstić information content (AvgIpc) is 3.23. The molecule has 0 unspecified atom stereocenters. The largest absolute Gasteiger partial charge is 0.465 e. The standard InChI is InChI=1S/C54H106NO6/c1-7-10-13-16-19-22-25-26-27-28-31-34-37-40-43-46-53(58)61-50-54(47-55(4,5)6,48-59-51(56)44-41-38-35-32-29-23-20-17-14-11-8-2)49-60-52(57)45-42-39-36-33-30-24-21-18-15-12-9-3/h7-50H2,1-6H3/q+1. The molecule has 0 aromatic rings. The Morgan fingerprint density at radius 3 is 0.672 bits per heavy atom. The molecule has 0 bridgehead atoms. The van der Waals surface area contributed by atoms with E-state index in [0.29, 0.717) is 30.3 Å². The lowest BCUT2D eigenvalue weighted by atomic mass is 9.89. The molecule has 0 rings (SSSR count). The lowest BCUT2D eigenvalue weighted by Gasteiger charge is -2.38. The van der Waals surface area contributed by atoms with E-state index >= 15 is 0 Å². The van der Waals surface area contributed by atoms with E-state index in [4.69, 9.17) is 14.2 Å². The fourth-order valence-electron chi connectivity index (χ4n) is 8.69. The maximum atomic E-state index is 13.1. The Morgan fingerprint density at radius 1 is 0.311 bits per heavy atom. The summed E-state index contributed by atoms with van der Waals surface area (Å²) >= 11 is 0. The molecule has 61 heavy (non-hydrogen) atoms. The molecule has 362 valence electrons. The molecule has 0 saturated carbocycles. The van der Waals surface area contributed by atoms with E-state index in [0.717, 1.165) is 57.8 Å². The van der Waals surface area contributed by atoms with Crippen LogP contribution in [0.5, 0.6) is 0 Å². The average molecular weight is 865 g/mol. The summed E-state index contributed by atoms with van der Waals surface area (Å²) in [6, 6.07) is 0. The summed E-state index contributed by atoms with van der Waals surface area (Å²) in [7, 11) is 6.23. The van der Waals surface area contributed by atoms with Crippen LogP contribution in [0.4, 0.5) is 0 Å². The van der Waals surface area contributed by atoms with Crippen LogP contribution in [-0.2, 0) is 28.6 Å². The third kappa shape index (κ3) is 43.4. The molecule has 0 amide bonds. The van der Waals surface area contributed by atoms with Gasteiger partial charge in [-0.2, -0.15) is 0 Å². The van der Waals surface area contributed by atoms with Gasteiger partial charge in [-0.15, -0.1) is 0 Å². The molecule has 0 N–H and O–H groups in total. The van der Waals surface area contributed by atoms with E-state index in [1.807, 2.05) is 0 Å². The van der Waals surface area contributed by atoms with Gasteiger partial charge in [-0.1, -0.05) is 239 Å². The van der Waals surface area contributed by atoms with Crippen LogP contribution in [0.2, 0.25) is 0 Å². The molecule has 0 saturated heterocycles. The topological polar surface area (TPSA) is 78.9 Å². The van der Waals surface area contributed by atoms with Crippen molar-refractivity contribution in [2.75, 3.05) is 47.5 Å². The van der Waals surface area contributed by atoms with Crippen LogP contribution in [0, 0.1) is 5.41 Å². The molecule has 0 aliphatic heterocycles. The van der Waals surface area contributed by atoms with E-state index in [-0.39, 0.29) is 37.7 Å². The van der Waals surface area contributed by atoms with Crippen LogP contribution in [0.15, 0.2) is 0 Å². The zero-order valence-electron chi connectivity index (χ0n) is 42.0. The lowest BCUT2D eigenvalue weighted by molar-refractivity contribution is -0.877. The number of quaternary nitrogens is 1. The van der Waals surface area contributed by atoms with Gasteiger partial charge < -0.3 is 18.7 Å². The third-order valence-electron chi connectivity index (χ3n) is 12.4. The Labute approximate surface area is 380 Å². The summed E-state index contributed by atoms with van der Waals surface area (Å²) < 4.78 is 18.4. The van der Waals surface area contributed by atoms with Crippen molar-refractivity contribution in [2.24, 2.45) is 5.41 Å². The molecule has 7 heteroatoms. The molecule has 7 nitrogen and oxygen atoms in total. The number of carbonyl (C=O) groups excluding carboxylic acids is 3. The molecule has 0 aromatic carbocycles. The summed E-state index contributed by atoms with van der Waals surface area (Å²) in [5.74, 6) is -0.670. The molecule has 0 aliphatic rings. The summed E-state index contributed by atoms with van der Waals surface area (Å²) in [5, 5.41) is 0. The predicted molar refractivity (Wildman–Crippen MR) is 260 cm³/mol. The number of nitrogens with zero attached hydrogens (tertiary/aromatic N) is 1. The van der Waals surface area contributed by atoms with Gasteiger partial charge in [-0.05, 0) is 19.3 Å². The molecule has 0 aromatic heterocycles. The highest BCUT2D eigenvalue weighted by atomic mass is 16.6. The minimum Gasteiger partial charge on any atom is -0.465 e. The summed E-state index contributed by atoms with van der Waals surface area (Å²) in [5.41, 5.74) is -0.817. The van der Waals surface area contributed by atoms with Gasteiger partial charge in [0, 0.05) is 19.3 Å². The fraction of sp³-hybridized carbons (Fsp3) is 0.944. The van der Waals surface area contributed by atoms with Gasteiger partial charge in [-0.25, -0.2) is 0 Å². The van der Waals surface area contributed by atoms with Crippen molar-refractivity contribution in [3.63, 3.8) is 0 Å². The van der Waals surface area contributed by atoms with Crippen molar-refractivity contribution in [1.82, 2.24) is 0 Å². The minimum absolute atomic E-state index is 0.0668. The SMILES string of the molecule is CCCCCCCCCCCCCCCCCC(=O)OCC(COC(=O)CCCCCCCCCCCCC)(COC(=O)CCCCCCCCCCCCC)C[N+](C)(C)C. The number of ether oxygens (including phenoxy) is 3. The fourth-order valence-corrected chi connectivity index (χ4v) is 8.69. The number of carbonyl (C=O) groups is 3. The second-order valence-electron chi connectivity index (χ2n) is 20.2. The van der Waals surface area contributed by atoms with Crippen molar-refractivity contribution in [3.05, 3.63) is 0 Å². The quantitative estimate of drug-likeness (QED) is 0.0262. The van der Waals surface area contributed by atoms with Crippen LogP contribution >= 0.6 is 0 Å². The van der Waals surface area contributed by atoms with Gasteiger partial charge in [0.05, 0.1) is 27.7 Å². The second kappa shape index (κ2) is 43.6. The zero-order chi connectivity index (χ0) is 45.0. The maximum Gasteiger partial charge on any atom is 0.305 e. The van der Waals surface area contributed by atoms with Crippen LogP contribution < -0.4 is 0 Å². The van der Waals surface area contributed by atoms with Crippen molar-refractivity contribution < 1.29 is 33.1 Å². The smallest absolute Gasteiger partial charge is 0.305 e. The predicted octanol–water partition coefficient (Wildman–Crippen LogP) is 16.0. The number of unbranched alkanes of at least 4 members (excludes halogenated alkanes) is 34. The summed E-state index contributed by atoms with van der Waals surface area (Å²) in [6.45, 7) is 7.53. The van der Waals surface area contributed by atoms with Crippen LogP contribution in [-0.4, -0.2) is 69.9 Å². The van der Waals surface area contributed by atoms with E-state index in [1.54, 1.807) is 0 Å². The first kappa shape index (κ1) is 59.4. The van der Waals surface area contributed by atoms with Gasteiger partial charge in [-0.3, -0.25) is 14.4 Å². The first-order valence-corrected chi connectivity index (χ1v) is 26.8. The molecular weight excluding hydrogens is 759 g/mol. The first-order valence-electron chi connectivity index (χ1n) is 26.8. The number of hydrogen-bond donors (Lipinski definition) is 0. The van der Waals surface area contributed by atoms with Gasteiger partial charge in [0.25, 0.3) is 0 Å². The van der Waals surface area contributed by atoms with Crippen molar-refractivity contribution in [1.29, 1.82) is 0 Å². The Bertz CT molecular complexity index is 935. The van der Waals surface area contributed by atoms with Crippen molar-refractivity contribution >= 4 is 17.9 Å². The summed E-state index contributed by atoms with van der Waals surface area (Å²) in [4.78, 5) is 39.2. The van der Waals surface area contributed by atoms with E-state index in [2.05, 4.69) is 41.9 Å². The zero-order valence-corrected chi connectivity index (χ0v) is 42.0. The normalized spacial score (nSPS) is 11.9. The second-order valence-corrected chi connectivity index (χ2v) is 20.2.